The molecule has 0 bridgehead atoms. The summed E-state index contributed by atoms with van der Waals surface area (Å²) in [5, 5.41) is 0. The van der Waals surface area contributed by atoms with Gasteiger partial charge >= 0.3 is 0 Å². The van der Waals surface area contributed by atoms with Gasteiger partial charge in [-0.15, -0.1) is 0 Å². The number of hydrogen-bond donors (Lipinski definition) is 0. The van der Waals surface area contributed by atoms with E-state index in [-0.39, 0.29) is 16.2 Å². The molecule has 0 N–H and O–H groups in total. The fourth-order valence-corrected chi connectivity index (χ4v) is 4.83. The lowest BCUT2D eigenvalue weighted by Crippen LogP contribution is -2.42. The zero-order chi connectivity index (χ0) is 22.6. The van der Waals surface area contributed by atoms with E-state index in [1.165, 1.54) is 11.1 Å². The lowest BCUT2D eigenvalue weighted by Gasteiger charge is -2.44. The highest BCUT2D eigenvalue weighted by molar-refractivity contribution is 5.66. The van der Waals surface area contributed by atoms with E-state index in [0.29, 0.717) is 5.82 Å². The summed E-state index contributed by atoms with van der Waals surface area (Å²) < 4.78 is 0. The molecule has 1 aliphatic carbocycles. The van der Waals surface area contributed by atoms with E-state index in [9.17, 15) is 0 Å². The smallest absolute Gasteiger partial charge is 0.164 e. The second kappa shape index (κ2) is 7.22. The van der Waals surface area contributed by atoms with Crippen molar-refractivity contribution in [2.24, 2.45) is 5.41 Å². The van der Waals surface area contributed by atoms with E-state index in [0.717, 1.165) is 41.3 Å². The van der Waals surface area contributed by atoms with Gasteiger partial charge in [-0.3, -0.25) is 4.98 Å². The molecule has 0 atom stereocenters. The van der Waals surface area contributed by atoms with Crippen LogP contribution in [0, 0.1) is 5.41 Å². The predicted octanol–water partition coefficient (Wildman–Crippen LogP) is 6.32. The number of rotatable bonds is 4. The van der Waals surface area contributed by atoms with Crippen LogP contribution in [0.15, 0.2) is 36.5 Å². The number of benzene rings is 1. The quantitative estimate of drug-likeness (QED) is 0.501. The molecule has 0 saturated carbocycles. The fraction of sp³-hybridized carbons (Fsp3) is 0.481. The summed E-state index contributed by atoms with van der Waals surface area (Å²) in [5.41, 5.74) is 6.31. The van der Waals surface area contributed by atoms with Crippen LogP contribution < -0.4 is 0 Å². The van der Waals surface area contributed by atoms with Crippen LogP contribution in [0.1, 0.15) is 78.2 Å². The normalized spacial score (nSPS) is 18.1. The van der Waals surface area contributed by atoms with Crippen LogP contribution >= 0.6 is 0 Å². The first-order chi connectivity index (χ1) is 14.5. The Kier molecular flexibility index (Phi) is 5.03. The van der Waals surface area contributed by atoms with Crippen LogP contribution in [0.25, 0.3) is 22.6 Å². The number of fused-ring (bicyclic) bond motifs is 1. The average Bonchev–Trinajstić information content (AvgIpc) is 2.87. The third kappa shape index (κ3) is 3.19. The monoisotopic (exact) mass is 414 g/mol. The van der Waals surface area contributed by atoms with E-state index in [2.05, 4.69) is 101 Å². The third-order valence-corrected chi connectivity index (χ3v) is 8.17. The van der Waals surface area contributed by atoms with Gasteiger partial charge in [0.2, 0.25) is 0 Å². The van der Waals surface area contributed by atoms with Crippen molar-refractivity contribution in [2.75, 3.05) is 0 Å². The number of aromatic nitrogens is 4. The Labute approximate surface area is 186 Å². The Hall–Kier alpha value is -2.62. The lowest BCUT2D eigenvalue weighted by molar-refractivity contribution is 0.125. The molecule has 31 heavy (non-hydrogen) atoms. The molecule has 4 rings (SSSR count). The maximum Gasteiger partial charge on any atom is 0.164 e. The molecule has 2 heterocycles. The number of nitrogens with zero attached hydrogens (tertiary/aromatic N) is 4. The summed E-state index contributed by atoms with van der Waals surface area (Å²) in [6.07, 6.45) is 3.48. The first kappa shape index (κ1) is 21.6. The standard InChI is InChI=1S/C27H34N4/c1-9-22-29-23(10-2)31-24(30-22)18-12-14-21(28-16-18)17-11-13-19-20(15-17)26(5,6)27(7,8)25(19,3)4/h11-16H,9-10H2,1-8H3. The Bertz CT molecular complexity index is 1100. The van der Waals surface area contributed by atoms with Crippen molar-refractivity contribution in [1.29, 1.82) is 0 Å². The topological polar surface area (TPSA) is 51.6 Å². The van der Waals surface area contributed by atoms with Crippen LogP contribution in [-0.2, 0) is 23.7 Å². The molecule has 4 nitrogen and oxygen atoms in total. The van der Waals surface area contributed by atoms with Gasteiger partial charge in [-0.25, -0.2) is 15.0 Å². The Balaban J connectivity index is 1.73. The molecular weight excluding hydrogens is 380 g/mol. The van der Waals surface area contributed by atoms with E-state index in [4.69, 9.17) is 4.98 Å². The van der Waals surface area contributed by atoms with Crippen molar-refractivity contribution in [1.82, 2.24) is 19.9 Å². The van der Waals surface area contributed by atoms with Crippen molar-refractivity contribution >= 4 is 0 Å². The molecule has 2 aromatic heterocycles. The van der Waals surface area contributed by atoms with Crippen LogP contribution in [0.3, 0.4) is 0 Å². The molecule has 0 radical (unpaired) electrons. The van der Waals surface area contributed by atoms with Gasteiger partial charge in [0.05, 0.1) is 5.69 Å². The first-order valence-corrected chi connectivity index (χ1v) is 11.4. The van der Waals surface area contributed by atoms with E-state index >= 15 is 0 Å². The number of hydrogen-bond acceptors (Lipinski definition) is 4. The summed E-state index contributed by atoms with van der Waals surface area (Å²) in [5.74, 6) is 2.37. The molecule has 162 valence electrons. The molecule has 1 aromatic carbocycles. The minimum absolute atomic E-state index is 0.0831. The van der Waals surface area contributed by atoms with Gasteiger partial charge in [0, 0.05) is 30.2 Å². The van der Waals surface area contributed by atoms with Crippen molar-refractivity contribution in [2.45, 2.75) is 79.1 Å². The van der Waals surface area contributed by atoms with E-state index in [1.807, 2.05) is 6.20 Å². The molecule has 0 spiro atoms. The minimum atomic E-state index is 0.0831. The van der Waals surface area contributed by atoms with Gasteiger partial charge in [0.25, 0.3) is 0 Å². The largest absolute Gasteiger partial charge is 0.255 e. The summed E-state index contributed by atoms with van der Waals surface area (Å²) in [4.78, 5) is 18.5. The molecule has 4 heteroatoms. The van der Waals surface area contributed by atoms with E-state index in [1.54, 1.807) is 0 Å². The van der Waals surface area contributed by atoms with Crippen LogP contribution in [0.2, 0.25) is 0 Å². The lowest BCUT2D eigenvalue weighted by atomic mass is 9.59. The SMILES string of the molecule is CCc1nc(CC)nc(-c2ccc(-c3ccc4c(c3)C(C)(C)C(C)(C)C4(C)C)nc2)n1. The minimum Gasteiger partial charge on any atom is -0.255 e. The summed E-state index contributed by atoms with van der Waals surface area (Å²) >= 11 is 0. The Morgan fingerprint density at radius 3 is 1.81 bits per heavy atom. The van der Waals surface area contributed by atoms with Gasteiger partial charge < -0.3 is 0 Å². The summed E-state index contributed by atoms with van der Waals surface area (Å²) in [6.45, 7) is 18.4. The van der Waals surface area contributed by atoms with Gasteiger partial charge in [-0.1, -0.05) is 67.5 Å². The molecule has 0 unspecified atom stereocenters. The van der Waals surface area contributed by atoms with Crippen molar-refractivity contribution < 1.29 is 0 Å². The maximum atomic E-state index is 4.78. The van der Waals surface area contributed by atoms with Gasteiger partial charge in [-0.2, -0.15) is 0 Å². The van der Waals surface area contributed by atoms with E-state index < -0.39 is 0 Å². The number of pyridine rings is 1. The van der Waals surface area contributed by atoms with Crippen molar-refractivity contribution in [3.63, 3.8) is 0 Å². The van der Waals surface area contributed by atoms with Crippen LogP contribution in [0.5, 0.6) is 0 Å². The molecule has 0 amide bonds. The van der Waals surface area contributed by atoms with Gasteiger partial charge in [0.1, 0.15) is 11.6 Å². The second-order valence-corrected chi connectivity index (χ2v) is 10.3. The predicted molar refractivity (Wildman–Crippen MR) is 127 cm³/mol. The molecule has 0 fully saturated rings. The summed E-state index contributed by atoms with van der Waals surface area (Å²) in [7, 11) is 0. The zero-order valence-corrected chi connectivity index (χ0v) is 20.2. The van der Waals surface area contributed by atoms with Gasteiger partial charge in [-0.05, 0) is 45.6 Å². The Morgan fingerprint density at radius 2 is 1.26 bits per heavy atom. The Morgan fingerprint density at radius 1 is 0.677 bits per heavy atom. The maximum absolute atomic E-state index is 4.78. The first-order valence-electron chi connectivity index (χ1n) is 11.4. The highest BCUT2D eigenvalue weighted by Crippen LogP contribution is 2.61. The van der Waals surface area contributed by atoms with Crippen molar-refractivity contribution in [3.05, 3.63) is 59.3 Å². The van der Waals surface area contributed by atoms with Crippen LogP contribution in [0.4, 0.5) is 0 Å². The molecule has 0 saturated heterocycles. The van der Waals surface area contributed by atoms with Gasteiger partial charge in [0.15, 0.2) is 5.82 Å². The molecule has 1 aliphatic rings. The third-order valence-electron chi connectivity index (χ3n) is 8.17. The second-order valence-electron chi connectivity index (χ2n) is 10.3. The van der Waals surface area contributed by atoms with Crippen LogP contribution in [-0.4, -0.2) is 19.9 Å². The van der Waals surface area contributed by atoms with Crippen molar-refractivity contribution in [3.8, 4) is 22.6 Å². The highest BCUT2D eigenvalue weighted by Gasteiger charge is 2.56. The molecule has 3 aromatic rings. The average molecular weight is 415 g/mol. The fourth-order valence-electron chi connectivity index (χ4n) is 4.83. The molecular formula is C27H34N4. The number of aryl methyl sites for hydroxylation is 2. The summed E-state index contributed by atoms with van der Waals surface area (Å²) in [6, 6.07) is 11.0. The zero-order valence-electron chi connectivity index (χ0n) is 20.2. The molecule has 0 aliphatic heterocycles. The highest BCUT2D eigenvalue weighted by atomic mass is 15.0.